The van der Waals surface area contributed by atoms with Crippen molar-refractivity contribution in [3.8, 4) is 0 Å². The van der Waals surface area contributed by atoms with Crippen LogP contribution in [0.1, 0.15) is 49.8 Å². The molecule has 4 heteroatoms. The van der Waals surface area contributed by atoms with E-state index >= 15 is 0 Å². The summed E-state index contributed by atoms with van der Waals surface area (Å²) in [6, 6.07) is 7.99. The van der Waals surface area contributed by atoms with E-state index in [0.29, 0.717) is 12.8 Å². The number of hydrogen-bond acceptors (Lipinski definition) is 1. The van der Waals surface area contributed by atoms with Crippen LogP contribution in [0.4, 0.5) is 13.2 Å². The molecule has 2 N–H and O–H groups in total. The van der Waals surface area contributed by atoms with Gasteiger partial charge in [0.05, 0.1) is 5.92 Å². The molecule has 0 spiro atoms. The van der Waals surface area contributed by atoms with E-state index in [4.69, 9.17) is 5.73 Å². The summed E-state index contributed by atoms with van der Waals surface area (Å²) in [6.45, 7) is 2.09. The zero-order valence-electron chi connectivity index (χ0n) is 11.8. The van der Waals surface area contributed by atoms with Crippen molar-refractivity contribution in [1.82, 2.24) is 0 Å². The maximum Gasteiger partial charge on any atom is 0.391 e. The van der Waals surface area contributed by atoms with Crippen LogP contribution in [0.25, 0.3) is 0 Å². The summed E-state index contributed by atoms with van der Waals surface area (Å²) in [5.74, 6) is -0.963. The van der Waals surface area contributed by atoms with Gasteiger partial charge in [-0.15, -0.1) is 0 Å². The van der Waals surface area contributed by atoms with E-state index in [0.717, 1.165) is 12.0 Å². The highest BCUT2D eigenvalue weighted by molar-refractivity contribution is 5.25. The maximum atomic E-state index is 12.6. The largest absolute Gasteiger partial charge is 0.391 e. The molecule has 1 atom stereocenters. The molecule has 0 bridgehead atoms. The van der Waals surface area contributed by atoms with E-state index in [1.165, 1.54) is 5.56 Å². The summed E-state index contributed by atoms with van der Waals surface area (Å²) in [4.78, 5) is 0. The van der Waals surface area contributed by atoms with Gasteiger partial charge in [0.2, 0.25) is 0 Å². The van der Waals surface area contributed by atoms with Crippen molar-refractivity contribution in [3.63, 3.8) is 0 Å². The fraction of sp³-hybridized carbons (Fsp3) is 0.625. The van der Waals surface area contributed by atoms with Crippen LogP contribution in [-0.4, -0.2) is 6.18 Å². The maximum absolute atomic E-state index is 12.6. The second-order valence-electron chi connectivity index (χ2n) is 5.77. The lowest BCUT2D eigenvalue weighted by Crippen LogP contribution is -2.31. The number of aryl methyl sites for hydroxylation is 1. The van der Waals surface area contributed by atoms with Gasteiger partial charge in [0.25, 0.3) is 0 Å². The van der Waals surface area contributed by atoms with E-state index in [1.54, 1.807) is 0 Å². The molecule has 0 aromatic heterocycles. The van der Waals surface area contributed by atoms with Crippen molar-refractivity contribution in [1.29, 1.82) is 0 Å². The Hall–Kier alpha value is -1.03. The zero-order chi connectivity index (χ0) is 14.8. The quantitative estimate of drug-likeness (QED) is 0.861. The van der Waals surface area contributed by atoms with Crippen molar-refractivity contribution < 1.29 is 13.2 Å². The molecular weight excluding hydrogens is 263 g/mol. The average molecular weight is 285 g/mol. The topological polar surface area (TPSA) is 26.0 Å². The van der Waals surface area contributed by atoms with Crippen LogP contribution in [-0.2, 0) is 6.42 Å². The molecule has 1 aliphatic carbocycles. The second-order valence-corrected chi connectivity index (χ2v) is 5.77. The first-order chi connectivity index (χ1) is 9.41. The highest BCUT2D eigenvalue weighted by Crippen LogP contribution is 2.42. The lowest BCUT2D eigenvalue weighted by atomic mass is 9.76. The summed E-state index contributed by atoms with van der Waals surface area (Å²) in [6.07, 6.45) is -1.49. The zero-order valence-corrected chi connectivity index (χ0v) is 11.8. The number of rotatable bonds is 3. The molecule has 0 amide bonds. The molecule has 0 heterocycles. The molecule has 1 aromatic rings. The van der Waals surface area contributed by atoms with Crippen molar-refractivity contribution in [3.05, 3.63) is 35.4 Å². The number of benzene rings is 1. The van der Waals surface area contributed by atoms with Gasteiger partial charge >= 0.3 is 6.18 Å². The number of nitrogens with two attached hydrogens (primary N) is 1. The van der Waals surface area contributed by atoms with Crippen molar-refractivity contribution in [2.45, 2.75) is 51.2 Å². The Morgan fingerprint density at radius 1 is 1.10 bits per heavy atom. The van der Waals surface area contributed by atoms with Gasteiger partial charge in [-0.05, 0) is 49.1 Å². The SMILES string of the molecule is CCc1ccc(C(N)C2CCC(C(F)(F)F)CC2)cc1. The molecule has 1 unspecified atom stereocenters. The van der Waals surface area contributed by atoms with Crippen LogP contribution in [0, 0.1) is 11.8 Å². The van der Waals surface area contributed by atoms with E-state index in [9.17, 15) is 13.2 Å². The second kappa shape index (κ2) is 6.17. The Morgan fingerprint density at radius 2 is 1.65 bits per heavy atom. The van der Waals surface area contributed by atoms with Gasteiger partial charge in [-0.2, -0.15) is 13.2 Å². The van der Waals surface area contributed by atoms with E-state index in [1.807, 2.05) is 12.1 Å². The summed E-state index contributed by atoms with van der Waals surface area (Å²) < 4.78 is 37.9. The molecule has 112 valence electrons. The average Bonchev–Trinajstić information content (AvgIpc) is 2.46. The third-order valence-corrected chi connectivity index (χ3v) is 4.52. The normalized spacial score (nSPS) is 25.4. The third-order valence-electron chi connectivity index (χ3n) is 4.52. The predicted octanol–water partition coefficient (Wildman–Crippen LogP) is 4.62. The lowest BCUT2D eigenvalue weighted by molar-refractivity contribution is -0.184. The Kier molecular flexibility index (Phi) is 4.74. The highest BCUT2D eigenvalue weighted by Gasteiger charge is 2.42. The Labute approximate surface area is 118 Å². The van der Waals surface area contributed by atoms with Gasteiger partial charge in [-0.1, -0.05) is 31.2 Å². The van der Waals surface area contributed by atoms with Crippen molar-refractivity contribution in [2.24, 2.45) is 17.6 Å². The van der Waals surface area contributed by atoms with Crippen molar-refractivity contribution in [2.75, 3.05) is 0 Å². The van der Waals surface area contributed by atoms with Gasteiger partial charge in [0.1, 0.15) is 0 Å². The molecule has 1 aliphatic rings. The molecule has 1 saturated carbocycles. The van der Waals surface area contributed by atoms with Gasteiger partial charge in [0.15, 0.2) is 0 Å². The van der Waals surface area contributed by atoms with Crippen LogP contribution in [0.2, 0.25) is 0 Å². The molecule has 0 aliphatic heterocycles. The number of alkyl halides is 3. The van der Waals surface area contributed by atoms with Gasteiger partial charge < -0.3 is 5.73 Å². The van der Waals surface area contributed by atoms with Crippen LogP contribution in [0.3, 0.4) is 0 Å². The first-order valence-corrected chi connectivity index (χ1v) is 7.33. The fourth-order valence-corrected chi connectivity index (χ4v) is 3.05. The highest BCUT2D eigenvalue weighted by atomic mass is 19.4. The Bertz CT molecular complexity index is 416. The fourth-order valence-electron chi connectivity index (χ4n) is 3.05. The van der Waals surface area contributed by atoms with Crippen LogP contribution < -0.4 is 5.73 Å². The van der Waals surface area contributed by atoms with Crippen LogP contribution >= 0.6 is 0 Å². The minimum absolute atomic E-state index is 0.143. The predicted molar refractivity (Wildman–Crippen MR) is 74.3 cm³/mol. The van der Waals surface area contributed by atoms with E-state index in [-0.39, 0.29) is 24.8 Å². The Balaban J connectivity index is 1.95. The lowest BCUT2D eigenvalue weighted by Gasteiger charge is -2.33. The van der Waals surface area contributed by atoms with Crippen LogP contribution in [0.5, 0.6) is 0 Å². The standard InChI is InChI=1S/C16H22F3N/c1-2-11-3-5-12(6-4-11)15(20)13-7-9-14(10-8-13)16(17,18)19/h3-6,13-15H,2,7-10,20H2,1H3. The van der Waals surface area contributed by atoms with Gasteiger partial charge in [0, 0.05) is 6.04 Å². The molecule has 1 fully saturated rings. The van der Waals surface area contributed by atoms with Gasteiger partial charge in [-0.3, -0.25) is 0 Å². The molecule has 0 radical (unpaired) electrons. The third kappa shape index (κ3) is 3.54. The van der Waals surface area contributed by atoms with E-state index < -0.39 is 12.1 Å². The number of halogens is 3. The minimum Gasteiger partial charge on any atom is -0.324 e. The molecule has 1 nitrogen and oxygen atoms in total. The Morgan fingerprint density at radius 3 is 2.10 bits per heavy atom. The van der Waals surface area contributed by atoms with Crippen LogP contribution in [0.15, 0.2) is 24.3 Å². The minimum atomic E-state index is -4.04. The molecule has 1 aromatic carbocycles. The first-order valence-electron chi connectivity index (χ1n) is 7.33. The van der Waals surface area contributed by atoms with Gasteiger partial charge in [-0.25, -0.2) is 0 Å². The molecular formula is C16H22F3N. The monoisotopic (exact) mass is 285 g/mol. The van der Waals surface area contributed by atoms with Crippen molar-refractivity contribution >= 4 is 0 Å². The molecule has 0 saturated heterocycles. The smallest absolute Gasteiger partial charge is 0.324 e. The summed E-state index contributed by atoms with van der Waals surface area (Å²) >= 11 is 0. The summed E-state index contributed by atoms with van der Waals surface area (Å²) in [7, 11) is 0. The summed E-state index contributed by atoms with van der Waals surface area (Å²) in [5, 5.41) is 0. The van der Waals surface area contributed by atoms with E-state index in [2.05, 4.69) is 19.1 Å². The summed E-state index contributed by atoms with van der Waals surface area (Å²) in [5.41, 5.74) is 8.53. The first kappa shape index (κ1) is 15.4. The number of hydrogen-bond donors (Lipinski definition) is 1. The molecule has 2 rings (SSSR count). The molecule has 20 heavy (non-hydrogen) atoms.